The van der Waals surface area contributed by atoms with Gasteiger partial charge in [0.25, 0.3) is 0 Å². The highest BCUT2D eigenvalue weighted by Gasteiger charge is 2.05. The minimum Gasteiger partial charge on any atom is -0.496 e. The van der Waals surface area contributed by atoms with Gasteiger partial charge in [-0.25, -0.2) is 4.39 Å². The molecule has 0 aliphatic carbocycles. The van der Waals surface area contributed by atoms with Crippen molar-refractivity contribution in [1.29, 1.82) is 0 Å². The van der Waals surface area contributed by atoms with Gasteiger partial charge in [0.05, 0.1) is 7.11 Å². The maximum absolute atomic E-state index is 13.1. The maximum atomic E-state index is 13.1. The van der Waals surface area contributed by atoms with E-state index in [2.05, 4.69) is 0 Å². The average molecular weight is 186 g/mol. The van der Waals surface area contributed by atoms with Crippen LogP contribution in [-0.4, -0.2) is 13.4 Å². The summed E-state index contributed by atoms with van der Waals surface area (Å²) in [5.41, 5.74) is 0.961. The number of hydrogen-bond acceptors (Lipinski definition) is 2. The Labute approximate surface area is 75.9 Å². The Kier molecular flexibility index (Phi) is 2.98. The van der Waals surface area contributed by atoms with E-state index in [-0.39, 0.29) is 5.82 Å². The molecule has 1 aromatic rings. The summed E-state index contributed by atoms with van der Waals surface area (Å²) in [6.45, 7) is 1.90. The van der Waals surface area contributed by atoms with Gasteiger partial charge in [0.1, 0.15) is 11.6 Å². The molecule has 0 aromatic heterocycles. The van der Waals surface area contributed by atoms with Gasteiger partial charge in [-0.2, -0.15) is 0 Å². The quantitative estimate of drug-likeness (QED) is 0.657. The van der Waals surface area contributed by atoms with E-state index >= 15 is 0 Å². The van der Waals surface area contributed by atoms with E-state index in [0.29, 0.717) is 10.6 Å². The molecule has 0 heterocycles. The van der Waals surface area contributed by atoms with E-state index in [9.17, 15) is 4.39 Å². The molecule has 12 heavy (non-hydrogen) atoms. The zero-order valence-electron chi connectivity index (χ0n) is 7.35. The highest BCUT2D eigenvalue weighted by molar-refractivity contribution is 7.98. The molecule has 0 bridgehead atoms. The number of ether oxygens (including phenoxy) is 1. The molecule has 0 fully saturated rings. The molecular weight excluding hydrogens is 175 g/mol. The normalized spacial score (nSPS) is 10.0. The molecular formula is C9H11FOS. The molecule has 3 heteroatoms. The zero-order valence-corrected chi connectivity index (χ0v) is 8.17. The number of hydrogen-bond donors (Lipinski definition) is 0. The smallest absolute Gasteiger partial charge is 0.140 e. The first-order valence-electron chi connectivity index (χ1n) is 3.57. The minimum absolute atomic E-state index is 0.218. The van der Waals surface area contributed by atoms with Crippen molar-refractivity contribution in [3.8, 4) is 5.75 Å². The molecule has 0 radical (unpaired) electrons. The van der Waals surface area contributed by atoms with Crippen molar-refractivity contribution in [3.05, 3.63) is 23.5 Å². The van der Waals surface area contributed by atoms with Crippen LogP contribution in [0.15, 0.2) is 17.0 Å². The van der Waals surface area contributed by atoms with Crippen LogP contribution in [0.4, 0.5) is 4.39 Å². The number of rotatable bonds is 2. The summed E-state index contributed by atoms with van der Waals surface area (Å²) >= 11 is 1.40. The fourth-order valence-corrected chi connectivity index (χ4v) is 1.56. The molecule has 0 aliphatic heterocycles. The van der Waals surface area contributed by atoms with Crippen molar-refractivity contribution in [2.75, 3.05) is 13.4 Å². The van der Waals surface area contributed by atoms with Gasteiger partial charge in [-0.15, -0.1) is 11.8 Å². The van der Waals surface area contributed by atoms with Crippen LogP contribution < -0.4 is 4.74 Å². The summed E-state index contributed by atoms with van der Waals surface area (Å²) in [5.74, 6) is 0.384. The highest BCUT2D eigenvalue weighted by atomic mass is 32.2. The third-order valence-corrected chi connectivity index (χ3v) is 2.42. The van der Waals surface area contributed by atoms with E-state index in [4.69, 9.17) is 4.74 Å². The van der Waals surface area contributed by atoms with Gasteiger partial charge in [-0.1, -0.05) is 0 Å². The lowest BCUT2D eigenvalue weighted by Gasteiger charge is -2.06. The second kappa shape index (κ2) is 3.81. The second-order valence-corrected chi connectivity index (χ2v) is 3.30. The lowest BCUT2D eigenvalue weighted by molar-refractivity contribution is 0.407. The Morgan fingerprint density at radius 1 is 1.42 bits per heavy atom. The third-order valence-electron chi connectivity index (χ3n) is 1.67. The van der Waals surface area contributed by atoms with E-state index in [1.807, 2.05) is 13.2 Å². The standard InChI is InChI=1S/C9H11FOS/c1-6-4-9(12-3)7(10)5-8(6)11-2/h4-5H,1-3H3. The topological polar surface area (TPSA) is 9.23 Å². The molecule has 66 valence electrons. The molecule has 0 saturated carbocycles. The van der Waals surface area contributed by atoms with Crippen molar-refractivity contribution in [1.82, 2.24) is 0 Å². The predicted octanol–water partition coefficient (Wildman–Crippen LogP) is 2.86. The highest BCUT2D eigenvalue weighted by Crippen LogP contribution is 2.27. The lowest BCUT2D eigenvalue weighted by atomic mass is 10.2. The van der Waals surface area contributed by atoms with Crippen LogP contribution in [0.25, 0.3) is 0 Å². The van der Waals surface area contributed by atoms with Gasteiger partial charge >= 0.3 is 0 Å². The summed E-state index contributed by atoms with van der Waals surface area (Å²) in [7, 11) is 1.54. The summed E-state index contributed by atoms with van der Waals surface area (Å²) in [6, 6.07) is 3.21. The molecule has 0 N–H and O–H groups in total. The van der Waals surface area contributed by atoms with Crippen LogP contribution in [0, 0.1) is 12.7 Å². The molecule has 0 aliphatic rings. The predicted molar refractivity (Wildman–Crippen MR) is 49.5 cm³/mol. The molecule has 1 nitrogen and oxygen atoms in total. The van der Waals surface area contributed by atoms with Crippen molar-refractivity contribution in [2.45, 2.75) is 11.8 Å². The molecule has 0 unspecified atom stereocenters. The maximum Gasteiger partial charge on any atom is 0.140 e. The number of aryl methyl sites for hydroxylation is 1. The van der Waals surface area contributed by atoms with E-state index < -0.39 is 0 Å². The van der Waals surface area contributed by atoms with Gasteiger partial charge in [0.2, 0.25) is 0 Å². The SMILES string of the molecule is COc1cc(F)c(SC)cc1C. The number of methoxy groups -OCH3 is 1. The number of benzene rings is 1. The van der Waals surface area contributed by atoms with Gasteiger partial charge in [-0.05, 0) is 24.8 Å². The van der Waals surface area contributed by atoms with Gasteiger partial charge in [0, 0.05) is 11.0 Å². The van der Waals surface area contributed by atoms with Crippen LogP contribution in [-0.2, 0) is 0 Å². The van der Waals surface area contributed by atoms with Crippen molar-refractivity contribution < 1.29 is 9.13 Å². The van der Waals surface area contributed by atoms with Crippen molar-refractivity contribution in [3.63, 3.8) is 0 Å². The summed E-state index contributed by atoms with van der Waals surface area (Å²) < 4.78 is 18.1. The van der Waals surface area contributed by atoms with Gasteiger partial charge in [0.15, 0.2) is 0 Å². The minimum atomic E-state index is -0.218. The molecule has 1 rings (SSSR count). The zero-order chi connectivity index (χ0) is 9.14. The van der Waals surface area contributed by atoms with E-state index in [1.165, 1.54) is 17.8 Å². The van der Waals surface area contributed by atoms with Crippen LogP contribution >= 0.6 is 11.8 Å². The Bertz CT molecular complexity index is 256. The largest absolute Gasteiger partial charge is 0.496 e. The number of halogens is 1. The fraction of sp³-hybridized carbons (Fsp3) is 0.333. The summed E-state index contributed by atoms with van der Waals surface area (Å²) in [6.07, 6.45) is 1.85. The Morgan fingerprint density at radius 2 is 2.08 bits per heavy atom. The van der Waals surface area contributed by atoms with Crippen LogP contribution in [0.3, 0.4) is 0 Å². The average Bonchev–Trinajstić information content (AvgIpc) is 2.08. The number of thioether (sulfide) groups is 1. The Morgan fingerprint density at radius 3 is 2.58 bits per heavy atom. The molecule has 1 aromatic carbocycles. The third kappa shape index (κ3) is 1.72. The molecule has 0 saturated heterocycles. The van der Waals surface area contributed by atoms with E-state index in [1.54, 1.807) is 13.2 Å². The van der Waals surface area contributed by atoms with Crippen LogP contribution in [0.5, 0.6) is 5.75 Å². The van der Waals surface area contributed by atoms with Gasteiger partial charge < -0.3 is 4.74 Å². The lowest BCUT2D eigenvalue weighted by Crippen LogP contribution is -1.90. The first-order valence-corrected chi connectivity index (χ1v) is 4.79. The summed E-state index contributed by atoms with van der Waals surface area (Å²) in [5, 5.41) is 0. The van der Waals surface area contributed by atoms with Crippen LogP contribution in [0.1, 0.15) is 5.56 Å². The van der Waals surface area contributed by atoms with E-state index in [0.717, 1.165) is 5.56 Å². The molecule has 0 spiro atoms. The Balaban J connectivity index is 3.16. The first kappa shape index (κ1) is 9.39. The molecule has 0 atom stereocenters. The van der Waals surface area contributed by atoms with Crippen molar-refractivity contribution >= 4 is 11.8 Å². The summed E-state index contributed by atoms with van der Waals surface area (Å²) in [4.78, 5) is 0.660. The fourth-order valence-electron chi connectivity index (χ4n) is 1.01. The Hall–Kier alpha value is -0.700. The monoisotopic (exact) mass is 186 g/mol. The van der Waals surface area contributed by atoms with Crippen molar-refractivity contribution in [2.24, 2.45) is 0 Å². The molecule has 0 amide bonds. The van der Waals surface area contributed by atoms with Crippen LogP contribution in [0.2, 0.25) is 0 Å². The first-order chi connectivity index (χ1) is 5.69. The van der Waals surface area contributed by atoms with Gasteiger partial charge in [-0.3, -0.25) is 0 Å². The second-order valence-electron chi connectivity index (χ2n) is 2.46.